The van der Waals surface area contributed by atoms with Gasteiger partial charge in [0.05, 0.1) is 6.10 Å². The molecule has 5 heteroatoms. The molecule has 0 saturated carbocycles. The van der Waals surface area contributed by atoms with Crippen molar-refractivity contribution < 1.29 is 4.74 Å². The second-order valence-electron chi connectivity index (χ2n) is 6.00. The van der Waals surface area contributed by atoms with Crippen LogP contribution in [0.3, 0.4) is 0 Å². The lowest BCUT2D eigenvalue weighted by Crippen LogP contribution is -2.37. The molecule has 0 aliphatic rings. The van der Waals surface area contributed by atoms with Crippen LogP contribution in [0.2, 0.25) is 0 Å². The highest BCUT2D eigenvalue weighted by Gasteiger charge is 2.08. The van der Waals surface area contributed by atoms with Crippen LogP contribution in [0.25, 0.3) is 0 Å². The molecule has 0 heterocycles. The Bertz CT molecular complexity index is 505. The molecule has 0 amide bonds. The summed E-state index contributed by atoms with van der Waals surface area (Å²) in [7, 11) is 1.81. The van der Waals surface area contributed by atoms with E-state index in [9.17, 15) is 0 Å². The molecule has 136 valence electrons. The molecule has 24 heavy (non-hydrogen) atoms. The molecule has 1 rings (SSSR count). The molecule has 0 aliphatic carbocycles. The van der Waals surface area contributed by atoms with Gasteiger partial charge in [-0.15, -0.1) is 0 Å². The number of aliphatic imine (C=N–C) groups is 1. The number of hydrogen-bond acceptors (Lipinski definition) is 3. The van der Waals surface area contributed by atoms with Crippen LogP contribution in [-0.2, 0) is 6.54 Å². The fourth-order valence-corrected chi connectivity index (χ4v) is 2.69. The van der Waals surface area contributed by atoms with Gasteiger partial charge < -0.3 is 15.4 Å². The average molecular weight is 352 g/mol. The van der Waals surface area contributed by atoms with Gasteiger partial charge in [0.25, 0.3) is 0 Å². The van der Waals surface area contributed by atoms with E-state index >= 15 is 0 Å². The molecule has 0 aromatic heterocycles. The number of thioether (sulfide) groups is 1. The molecule has 2 N–H and O–H groups in total. The third kappa shape index (κ3) is 7.95. The van der Waals surface area contributed by atoms with Crippen LogP contribution >= 0.6 is 11.8 Å². The number of rotatable bonds is 10. The average Bonchev–Trinajstić information content (AvgIpc) is 2.58. The molecule has 0 saturated heterocycles. The summed E-state index contributed by atoms with van der Waals surface area (Å²) in [6.07, 6.45) is 5.76. The van der Waals surface area contributed by atoms with E-state index in [0.717, 1.165) is 36.7 Å². The fourth-order valence-electron chi connectivity index (χ4n) is 2.20. The normalized spacial score (nSPS) is 12.8. The van der Waals surface area contributed by atoms with Crippen LogP contribution in [0.4, 0.5) is 0 Å². The molecule has 1 unspecified atom stereocenters. The van der Waals surface area contributed by atoms with Crippen LogP contribution in [0.15, 0.2) is 23.2 Å². The first kappa shape index (κ1) is 20.7. The predicted molar refractivity (Wildman–Crippen MR) is 107 cm³/mol. The third-order valence-electron chi connectivity index (χ3n) is 3.86. The van der Waals surface area contributed by atoms with Crippen LogP contribution in [0, 0.1) is 6.92 Å². The maximum atomic E-state index is 6.06. The standard InChI is InChI=1S/C19H33N3OS/c1-6-16(3)23-18-13-15(2)9-10-17(18)14-22-19(20-4)21-11-7-8-12-24-5/h9-10,13,16H,6-8,11-12,14H2,1-5H3,(H2,20,21,22). The molecule has 0 bridgehead atoms. The molecule has 0 fully saturated rings. The number of aryl methyl sites for hydroxylation is 1. The zero-order valence-corrected chi connectivity index (χ0v) is 16.6. The minimum Gasteiger partial charge on any atom is -0.490 e. The second-order valence-corrected chi connectivity index (χ2v) is 6.99. The Balaban J connectivity index is 2.55. The van der Waals surface area contributed by atoms with Crippen molar-refractivity contribution in [1.29, 1.82) is 0 Å². The molecular formula is C19H33N3OS. The molecular weight excluding hydrogens is 318 g/mol. The zero-order valence-electron chi connectivity index (χ0n) is 15.8. The lowest BCUT2D eigenvalue weighted by molar-refractivity contribution is 0.215. The largest absolute Gasteiger partial charge is 0.490 e. The maximum Gasteiger partial charge on any atom is 0.191 e. The summed E-state index contributed by atoms with van der Waals surface area (Å²) in [6.45, 7) is 7.99. The van der Waals surface area contributed by atoms with Gasteiger partial charge in [0.15, 0.2) is 5.96 Å². The van der Waals surface area contributed by atoms with Crippen LogP contribution in [-0.4, -0.2) is 37.7 Å². The Morgan fingerprint density at radius 2 is 2.08 bits per heavy atom. The number of unbranched alkanes of at least 4 members (excludes halogenated alkanes) is 1. The summed E-state index contributed by atoms with van der Waals surface area (Å²) in [5, 5.41) is 6.75. The summed E-state index contributed by atoms with van der Waals surface area (Å²) < 4.78 is 6.06. The van der Waals surface area contributed by atoms with Gasteiger partial charge in [-0.3, -0.25) is 4.99 Å². The number of nitrogens with one attached hydrogen (secondary N) is 2. The van der Waals surface area contributed by atoms with E-state index in [-0.39, 0.29) is 6.10 Å². The number of nitrogens with zero attached hydrogens (tertiary/aromatic N) is 1. The van der Waals surface area contributed by atoms with E-state index in [1.165, 1.54) is 17.7 Å². The third-order valence-corrected chi connectivity index (χ3v) is 4.56. The number of guanidine groups is 1. The minimum absolute atomic E-state index is 0.222. The van der Waals surface area contributed by atoms with Crippen molar-refractivity contribution >= 4 is 17.7 Å². The van der Waals surface area contributed by atoms with E-state index in [0.29, 0.717) is 6.54 Å². The summed E-state index contributed by atoms with van der Waals surface area (Å²) in [4.78, 5) is 4.29. The summed E-state index contributed by atoms with van der Waals surface area (Å²) >= 11 is 1.90. The van der Waals surface area contributed by atoms with Gasteiger partial charge >= 0.3 is 0 Å². The first-order valence-electron chi connectivity index (χ1n) is 8.80. The van der Waals surface area contributed by atoms with Crippen molar-refractivity contribution in [2.45, 2.75) is 52.7 Å². The maximum absolute atomic E-state index is 6.06. The lowest BCUT2D eigenvalue weighted by Gasteiger charge is -2.18. The van der Waals surface area contributed by atoms with Crippen molar-refractivity contribution in [3.05, 3.63) is 29.3 Å². The molecule has 1 aromatic carbocycles. The summed E-state index contributed by atoms with van der Waals surface area (Å²) in [5.41, 5.74) is 2.37. The van der Waals surface area contributed by atoms with Crippen LogP contribution in [0.5, 0.6) is 5.75 Å². The van der Waals surface area contributed by atoms with E-state index < -0.39 is 0 Å². The molecule has 4 nitrogen and oxygen atoms in total. The van der Waals surface area contributed by atoms with Gasteiger partial charge in [-0.1, -0.05) is 19.1 Å². The van der Waals surface area contributed by atoms with Gasteiger partial charge in [0.2, 0.25) is 0 Å². The predicted octanol–water partition coefficient (Wildman–Crippen LogP) is 3.98. The number of hydrogen-bond donors (Lipinski definition) is 2. The van der Waals surface area contributed by atoms with Gasteiger partial charge in [-0.05, 0) is 56.7 Å². The lowest BCUT2D eigenvalue weighted by atomic mass is 10.1. The first-order valence-corrected chi connectivity index (χ1v) is 10.2. The molecule has 0 aliphatic heterocycles. The number of benzene rings is 1. The van der Waals surface area contributed by atoms with Crippen molar-refractivity contribution in [3.63, 3.8) is 0 Å². The van der Waals surface area contributed by atoms with E-state index in [2.05, 4.69) is 60.9 Å². The minimum atomic E-state index is 0.222. The van der Waals surface area contributed by atoms with E-state index in [1.54, 1.807) is 0 Å². The van der Waals surface area contributed by atoms with Crippen molar-refractivity contribution in [1.82, 2.24) is 10.6 Å². The van der Waals surface area contributed by atoms with Gasteiger partial charge in [-0.25, -0.2) is 0 Å². The Hall–Kier alpha value is -1.36. The van der Waals surface area contributed by atoms with Gasteiger partial charge in [0.1, 0.15) is 5.75 Å². The smallest absolute Gasteiger partial charge is 0.191 e. The highest BCUT2D eigenvalue weighted by molar-refractivity contribution is 7.98. The topological polar surface area (TPSA) is 45.6 Å². The monoisotopic (exact) mass is 351 g/mol. The summed E-state index contributed by atoms with van der Waals surface area (Å²) in [5.74, 6) is 3.02. The quantitative estimate of drug-likeness (QED) is 0.380. The van der Waals surface area contributed by atoms with Crippen molar-refractivity contribution in [2.75, 3.05) is 25.6 Å². The SMILES string of the molecule is CCC(C)Oc1cc(C)ccc1CNC(=NC)NCCCCSC. The Morgan fingerprint density at radius 1 is 1.29 bits per heavy atom. The Kier molecular flexibility index (Phi) is 10.4. The Labute approximate surface area is 151 Å². The molecule has 0 radical (unpaired) electrons. The highest BCUT2D eigenvalue weighted by Crippen LogP contribution is 2.22. The molecule has 1 atom stereocenters. The van der Waals surface area contributed by atoms with Crippen molar-refractivity contribution in [2.24, 2.45) is 4.99 Å². The van der Waals surface area contributed by atoms with Crippen LogP contribution in [0.1, 0.15) is 44.2 Å². The zero-order chi connectivity index (χ0) is 17.8. The highest BCUT2D eigenvalue weighted by atomic mass is 32.2. The van der Waals surface area contributed by atoms with E-state index in [1.807, 2.05) is 18.8 Å². The first-order chi connectivity index (χ1) is 11.6. The fraction of sp³-hybridized carbons (Fsp3) is 0.632. The van der Waals surface area contributed by atoms with Crippen molar-refractivity contribution in [3.8, 4) is 5.75 Å². The molecule has 0 spiro atoms. The Morgan fingerprint density at radius 3 is 2.75 bits per heavy atom. The number of ether oxygens (including phenoxy) is 1. The second kappa shape index (κ2) is 12.1. The van der Waals surface area contributed by atoms with E-state index in [4.69, 9.17) is 4.74 Å². The molecule has 1 aromatic rings. The van der Waals surface area contributed by atoms with Gasteiger partial charge in [0, 0.05) is 25.7 Å². The van der Waals surface area contributed by atoms with Crippen LogP contribution < -0.4 is 15.4 Å². The summed E-state index contributed by atoms with van der Waals surface area (Å²) in [6, 6.07) is 6.37. The van der Waals surface area contributed by atoms with Gasteiger partial charge in [-0.2, -0.15) is 11.8 Å².